The molecule has 0 aliphatic carbocycles. The van der Waals surface area contributed by atoms with E-state index in [1.165, 1.54) is 18.2 Å². The van der Waals surface area contributed by atoms with Crippen LogP contribution in [0.15, 0.2) is 41.5 Å². The average molecular weight is 370 g/mol. The zero-order chi connectivity index (χ0) is 19.5. The maximum Gasteiger partial charge on any atom is 0.416 e. The third-order valence-corrected chi connectivity index (χ3v) is 3.13. The Morgan fingerprint density at radius 2 is 1.62 bits per heavy atom. The fourth-order valence-corrected chi connectivity index (χ4v) is 1.94. The van der Waals surface area contributed by atoms with Gasteiger partial charge in [-0.2, -0.15) is 18.3 Å². The van der Waals surface area contributed by atoms with Gasteiger partial charge in [-0.25, -0.2) is 0 Å². The lowest BCUT2D eigenvalue weighted by molar-refractivity contribution is -0.392. The van der Waals surface area contributed by atoms with Gasteiger partial charge in [0.25, 0.3) is 0 Å². The molecule has 0 heterocycles. The van der Waals surface area contributed by atoms with E-state index >= 15 is 0 Å². The Hall–Kier alpha value is -3.70. The molecule has 0 aliphatic heterocycles. The van der Waals surface area contributed by atoms with E-state index < -0.39 is 38.6 Å². The number of nitro groups is 2. The number of nitrogens with zero attached hydrogens (tertiary/aromatic N) is 3. The number of hydrogen-bond acceptors (Lipinski definition) is 7. The minimum Gasteiger partial charge on any atom is -0.507 e. The first kappa shape index (κ1) is 18.6. The smallest absolute Gasteiger partial charge is 0.416 e. The maximum absolute atomic E-state index is 12.8. The molecule has 0 atom stereocenters. The van der Waals surface area contributed by atoms with E-state index in [0.29, 0.717) is 0 Å². The van der Waals surface area contributed by atoms with Crippen molar-refractivity contribution in [3.05, 3.63) is 67.8 Å². The topological polar surface area (TPSA) is 131 Å². The molecule has 2 aromatic carbocycles. The van der Waals surface area contributed by atoms with Gasteiger partial charge in [0.05, 0.1) is 21.6 Å². The normalized spacial score (nSPS) is 11.5. The quantitative estimate of drug-likeness (QED) is 0.469. The number of anilines is 1. The third kappa shape index (κ3) is 4.03. The van der Waals surface area contributed by atoms with Crippen molar-refractivity contribution in [2.24, 2.45) is 5.10 Å². The molecule has 136 valence electrons. The van der Waals surface area contributed by atoms with Crippen molar-refractivity contribution in [3.8, 4) is 5.75 Å². The van der Waals surface area contributed by atoms with Gasteiger partial charge in [-0.15, -0.1) is 0 Å². The van der Waals surface area contributed by atoms with Gasteiger partial charge in [-0.3, -0.25) is 25.7 Å². The Morgan fingerprint density at radius 3 is 2.08 bits per heavy atom. The Labute approximate surface area is 142 Å². The number of halogens is 3. The number of nitro benzene ring substituents is 2. The summed E-state index contributed by atoms with van der Waals surface area (Å²) in [4.78, 5) is 19.7. The lowest BCUT2D eigenvalue weighted by Gasteiger charge is -2.09. The highest BCUT2D eigenvalue weighted by Gasteiger charge is 2.37. The first-order chi connectivity index (χ1) is 12.1. The van der Waals surface area contributed by atoms with Crippen LogP contribution in [-0.4, -0.2) is 21.2 Å². The van der Waals surface area contributed by atoms with Gasteiger partial charge in [0.1, 0.15) is 5.75 Å². The molecule has 0 radical (unpaired) electrons. The van der Waals surface area contributed by atoms with Crippen molar-refractivity contribution < 1.29 is 28.1 Å². The first-order valence-corrected chi connectivity index (χ1v) is 6.72. The molecule has 0 bridgehead atoms. The van der Waals surface area contributed by atoms with E-state index in [2.05, 4.69) is 5.10 Å². The summed E-state index contributed by atoms with van der Waals surface area (Å²) in [6.45, 7) is 0. The van der Waals surface area contributed by atoms with Crippen molar-refractivity contribution in [3.63, 3.8) is 0 Å². The van der Waals surface area contributed by atoms with E-state index in [0.717, 1.165) is 6.21 Å². The Kier molecular flexibility index (Phi) is 5.05. The largest absolute Gasteiger partial charge is 0.507 e. The van der Waals surface area contributed by atoms with Crippen molar-refractivity contribution in [2.45, 2.75) is 6.18 Å². The van der Waals surface area contributed by atoms with Gasteiger partial charge in [0.2, 0.25) is 5.69 Å². The predicted octanol–water partition coefficient (Wildman–Crippen LogP) is 3.67. The highest BCUT2D eigenvalue weighted by Crippen LogP contribution is 2.41. The molecule has 0 aliphatic rings. The number of aromatic hydroxyl groups is 1. The summed E-state index contributed by atoms with van der Waals surface area (Å²) >= 11 is 0. The molecule has 0 amide bonds. The summed E-state index contributed by atoms with van der Waals surface area (Å²) < 4.78 is 38.4. The zero-order valence-corrected chi connectivity index (χ0v) is 12.6. The van der Waals surface area contributed by atoms with Crippen LogP contribution in [0.5, 0.6) is 5.75 Å². The number of rotatable bonds is 5. The first-order valence-electron chi connectivity index (χ1n) is 6.72. The summed E-state index contributed by atoms with van der Waals surface area (Å²) in [5.74, 6) is -0.186. The zero-order valence-electron chi connectivity index (χ0n) is 12.6. The Balaban J connectivity index is 2.51. The van der Waals surface area contributed by atoms with E-state index in [9.17, 15) is 38.5 Å². The molecule has 2 rings (SSSR count). The highest BCUT2D eigenvalue weighted by molar-refractivity contribution is 5.84. The third-order valence-electron chi connectivity index (χ3n) is 3.13. The molecular formula is C14H9F3N4O5. The Bertz CT molecular complexity index is 863. The fourth-order valence-electron chi connectivity index (χ4n) is 1.94. The molecule has 12 heteroatoms. The van der Waals surface area contributed by atoms with E-state index in [4.69, 9.17) is 0 Å². The van der Waals surface area contributed by atoms with Crippen LogP contribution in [0, 0.1) is 20.2 Å². The minimum atomic E-state index is -5.01. The monoisotopic (exact) mass is 370 g/mol. The molecule has 2 aromatic rings. The van der Waals surface area contributed by atoms with E-state index in [-0.39, 0.29) is 23.4 Å². The lowest BCUT2D eigenvalue weighted by Crippen LogP contribution is -2.09. The molecular weight excluding hydrogens is 361 g/mol. The van der Waals surface area contributed by atoms with Gasteiger partial charge < -0.3 is 5.11 Å². The van der Waals surface area contributed by atoms with Crippen LogP contribution in [0.2, 0.25) is 0 Å². The van der Waals surface area contributed by atoms with Gasteiger partial charge in [0.15, 0.2) is 0 Å². The van der Waals surface area contributed by atoms with Crippen LogP contribution < -0.4 is 5.43 Å². The average Bonchev–Trinajstić information content (AvgIpc) is 2.55. The van der Waals surface area contributed by atoms with Crippen molar-refractivity contribution in [2.75, 3.05) is 5.43 Å². The molecule has 0 unspecified atom stereocenters. The lowest BCUT2D eigenvalue weighted by atomic mass is 10.1. The number of hydrazone groups is 1. The summed E-state index contributed by atoms with van der Waals surface area (Å²) in [6.07, 6.45) is -4.01. The second kappa shape index (κ2) is 7.04. The molecule has 0 saturated carbocycles. The number of phenols is 1. The van der Waals surface area contributed by atoms with Gasteiger partial charge in [0, 0.05) is 17.7 Å². The van der Waals surface area contributed by atoms with Crippen LogP contribution in [0.1, 0.15) is 11.1 Å². The SMILES string of the molecule is O=[N+]([O-])c1cc(C(F)(F)F)cc([N+](=O)[O-])c1N/N=C/c1ccccc1O. The van der Waals surface area contributed by atoms with Crippen LogP contribution in [0.3, 0.4) is 0 Å². The van der Waals surface area contributed by atoms with Crippen LogP contribution in [0.4, 0.5) is 30.2 Å². The van der Waals surface area contributed by atoms with E-state index in [1.807, 2.05) is 5.43 Å². The van der Waals surface area contributed by atoms with Crippen molar-refractivity contribution in [1.82, 2.24) is 0 Å². The molecule has 9 nitrogen and oxygen atoms in total. The molecule has 0 saturated heterocycles. The maximum atomic E-state index is 12.8. The van der Waals surface area contributed by atoms with Gasteiger partial charge in [-0.05, 0) is 12.1 Å². The number of benzene rings is 2. The summed E-state index contributed by atoms with van der Waals surface area (Å²) in [5.41, 5.74) is -2.50. The molecule has 0 spiro atoms. The van der Waals surface area contributed by atoms with Gasteiger partial charge in [-0.1, -0.05) is 12.1 Å². The predicted molar refractivity (Wildman–Crippen MR) is 84.1 cm³/mol. The number of nitrogens with one attached hydrogen (secondary N) is 1. The molecule has 26 heavy (non-hydrogen) atoms. The number of alkyl halides is 3. The second-order valence-corrected chi connectivity index (χ2v) is 4.83. The number of para-hydroxylation sites is 1. The fraction of sp³-hybridized carbons (Fsp3) is 0.0714. The van der Waals surface area contributed by atoms with Crippen molar-refractivity contribution >= 4 is 23.3 Å². The second-order valence-electron chi connectivity index (χ2n) is 4.83. The van der Waals surface area contributed by atoms with Crippen molar-refractivity contribution in [1.29, 1.82) is 0 Å². The van der Waals surface area contributed by atoms with Crippen LogP contribution in [-0.2, 0) is 6.18 Å². The molecule has 0 aromatic heterocycles. The Morgan fingerprint density at radius 1 is 1.08 bits per heavy atom. The summed E-state index contributed by atoms with van der Waals surface area (Å²) in [6, 6.07) is 6.16. The standard InChI is InChI=1S/C14H9F3N4O5/c15-14(16,17)9-5-10(20(23)24)13(11(6-9)21(25)26)19-18-7-8-3-1-2-4-12(8)22/h1-7,19,22H/b18-7+. The molecule has 0 fully saturated rings. The number of phenolic OH excluding ortho intramolecular Hbond substituents is 1. The molecule has 2 N–H and O–H groups in total. The van der Waals surface area contributed by atoms with Crippen LogP contribution >= 0.6 is 0 Å². The summed E-state index contributed by atoms with van der Waals surface area (Å²) in [7, 11) is 0. The van der Waals surface area contributed by atoms with E-state index in [1.54, 1.807) is 6.07 Å². The number of hydrogen-bond donors (Lipinski definition) is 2. The van der Waals surface area contributed by atoms with Crippen LogP contribution in [0.25, 0.3) is 0 Å². The van der Waals surface area contributed by atoms with Gasteiger partial charge >= 0.3 is 17.6 Å². The minimum absolute atomic E-state index is 0.171. The summed E-state index contributed by atoms with van der Waals surface area (Å²) in [5, 5.41) is 35.2. The highest BCUT2D eigenvalue weighted by atomic mass is 19.4.